The Morgan fingerprint density at radius 3 is 2.87 bits per heavy atom. The van der Waals surface area contributed by atoms with Crippen molar-refractivity contribution in [3.05, 3.63) is 23.7 Å². The second-order valence-electron chi connectivity index (χ2n) is 6.90. The number of nitrogens with one attached hydrogen (secondary N) is 1. The van der Waals surface area contributed by atoms with Crippen LogP contribution in [0.15, 0.2) is 16.5 Å². The highest BCUT2D eigenvalue weighted by molar-refractivity contribution is 5.74. The Bertz CT molecular complexity index is 514. The second-order valence-corrected chi connectivity index (χ2v) is 6.90. The number of hydrogen-bond acceptors (Lipinski definition) is 3. The zero-order valence-electron chi connectivity index (χ0n) is 14.9. The van der Waals surface area contributed by atoms with Gasteiger partial charge in [0.15, 0.2) is 0 Å². The molecule has 2 rings (SSSR count). The monoisotopic (exact) mass is 322 g/mol. The summed E-state index contributed by atoms with van der Waals surface area (Å²) in [4.78, 5) is 14.3. The number of urea groups is 1. The van der Waals surface area contributed by atoms with Crippen LogP contribution < -0.4 is 5.32 Å². The number of carbonyl (C=O) groups excluding carboxylic acids is 1. The van der Waals surface area contributed by atoms with Crippen LogP contribution in [-0.2, 0) is 11.2 Å². The Morgan fingerprint density at radius 1 is 1.43 bits per heavy atom. The summed E-state index contributed by atoms with van der Waals surface area (Å²) in [5.74, 6) is 1.91. The average molecular weight is 322 g/mol. The topological polar surface area (TPSA) is 54.7 Å². The molecule has 1 aromatic rings. The molecule has 1 aliphatic rings. The Labute approximate surface area is 139 Å². The number of ether oxygens (including phenoxy) is 1. The summed E-state index contributed by atoms with van der Waals surface area (Å²) in [6.07, 6.45) is 4.59. The smallest absolute Gasteiger partial charge is 0.317 e. The van der Waals surface area contributed by atoms with Gasteiger partial charge in [-0.2, -0.15) is 0 Å². The summed E-state index contributed by atoms with van der Waals surface area (Å²) in [5.41, 5.74) is -0.0994. The molecule has 2 amide bonds. The average Bonchev–Trinajstić information content (AvgIpc) is 2.83. The van der Waals surface area contributed by atoms with Gasteiger partial charge < -0.3 is 19.4 Å². The number of methoxy groups -OCH3 is 1. The van der Waals surface area contributed by atoms with Crippen LogP contribution in [0.5, 0.6) is 0 Å². The van der Waals surface area contributed by atoms with Crippen LogP contribution in [0, 0.1) is 6.92 Å². The third-order valence-corrected chi connectivity index (χ3v) is 4.81. The molecule has 0 saturated carbocycles. The summed E-state index contributed by atoms with van der Waals surface area (Å²) >= 11 is 0. The minimum atomic E-state index is -0.0994. The third-order valence-electron chi connectivity index (χ3n) is 4.81. The molecule has 1 aliphatic heterocycles. The number of carbonyl (C=O) groups is 1. The van der Waals surface area contributed by atoms with E-state index < -0.39 is 0 Å². The highest BCUT2D eigenvalue weighted by Gasteiger charge is 2.29. The van der Waals surface area contributed by atoms with E-state index in [0.717, 1.165) is 56.7 Å². The Balaban J connectivity index is 1.76. The van der Waals surface area contributed by atoms with Crippen molar-refractivity contribution in [1.82, 2.24) is 10.2 Å². The van der Waals surface area contributed by atoms with Crippen molar-refractivity contribution >= 4 is 6.03 Å². The number of furan rings is 1. The molecule has 130 valence electrons. The van der Waals surface area contributed by atoms with Crippen LogP contribution in [0.4, 0.5) is 4.79 Å². The van der Waals surface area contributed by atoms with Gasteiger partial charge in [0.2, 0.25) is 0 Å². The Kier molecular flexibility index (Phi) is 6.10. The molecule has 0 unspecified atom stereocenters. The van der Waals surface area contributed by atoms with Crippen LogP contribution in [0.25, 0.3) is 0 Å². The first-order valence-electron chi connectivity index (χ1n) is 8.58. The van der Waals surface area contributed by atoms with Crippen LogP contribution >= 0.6 is 0 Å². The van der Waals surface area contributed by atoms with E-state index in [1.54, 1.807) is 7.11 Å². The van der Waals surface area contributed by atoms with Gasteiger partial charge in [0.1, 0.15) is 11.5 Å². The molecule has 5 heteroatoms. The number of nitrogens with zero attached hydrogens (tertiary/aromatic N) is 1. The van der Waals surface area contributed by atoms with Gasteiger partial charge in [-0.15, -0.1) is 0 Å². The number of likely N-dealkylation sites (tertiary alicyclic amines) is 1. The SMILES string of the molecule is CO[C@@]1(C)CCCN(C(=O)N[C@@H](C)CCc2ccc(C)o2)CC1. The van der Waals surface area contributed by atoms with E-state index in [1.807, 2.05) is 30.9 Å². The van der Waals surface area contributed by atoms with E-state index in [2.05, 4.69) is 12.2 Å². The first-order chi connectivity index (χ1) is 10.9. The number of aryl methyl sites for hydroxylation is 2. The third kappa shape index (κ3) is 5.27. The van der Waals surface area contributed by atoms with Crippen molar-refractivity contribution in [2.45, 2.75) is 64.5 Å². The standard InChI is InChI=1S/C18H30N2O3/c1-14(6-8-16-9-7-15(2)23-16)19-17(21)20-12-5-10-18(3,22-4)11-13-20/h7,9,14H,5-6,8,10-13H2,1-4H3,(H,19,21)/t14-,18-/m0/s1. The van der Waals surface area contributed by atoms with Crippen molar-refractivity contribution in [3.8, 4) is 0 Å². The lowest BCUT2D eigenvalue weighted by atomic mass is 9.97. The molecule has 5 nitrogen and oxygen atoms in total. The molecule has 23 heavy (non-hydrogen) atoms. The van der Waals surface area contributed by atoms with Crippen molar-refractivity contribution in [2.75, 3.05) is 20.2 Å². The largest absolute Gasteiger partial charge is 0.466 e. The molecule has 2 atom stereocenters. The van der Waals surface area contributed by atoms with E-state index in [9.17, 15) is 4.79 Å². The molecule has 0 aliphatic carbocycles. The lowest BCUT2D eigenvalue weighted by molar-refractivity contribution is -0.00500. The van der Waals surface area contributed by atoms with E-state index in [0.29, 0.717) is 0 Å². The molecule has 0 spiro atoms. The highest BCUT2D eigenvalue weighted by Crippen LogP contribution is 2.25. The maximum absolute atomic E-state index is 12.4. The van der Waals surface area contributed by atoms with E-state index in [1.165, 1.54) is 0 Å². The molecule has 0 bridgehead atoms. The summed E-state index contributed by atoms with van der Waals surface area (Å²) in [6.45, 7) is 7.67. The normalized spacial score (nSPS) is 23.4. The zero-order chi connectivity index (χ0) is 16.9. The number of rotatable bonds is 5. The molecule has 2 heterocycles. The fourth-order valence-corrected chi connectivity index (χ4v) is 3.01. The predicted molar refractivity (Wildman–Crippen MR) is 90.6 cm³/mol. The van der Waals surface area contributed by atoms with Gasteiger partial charge in [-0.3, -0.25) is 0 Å². The highest BCUT2D eigenvalue weighted by atomic mass is 16.5. The van der Waals surface area contributed by atoms with Gasteiger partial charge in [0.25, 0.3) is 0 Å². The summed E-state index contributed by atoms with van der Waals surface area (Å²) in [5, 5.41) is 3.10. The number of hydrogen-bond donors (Lipinski definition) is 1. The fourth-order valence-electron chi connectivity index (χ4n) is 3.01. The van der Waals surface area contributed by atoms with Crippen molar-refractivity contribution in [1.29, 1.82) is 0 Å². The molecule has 1 fully saturated rings. The lowest BCUT2D eigenvalue weighted by Crippen LogP contribution is -2.44. The maximum atomic E-state index is 12.4. The van der Waals surface area contributed by atoms with Crippen molar-refractivity contribution < 1.29 is 13.9 Å². The molecule has 1 saturated heterocycles. The summed E-state index contributed by atoms with van der Waals surface area (Å²) in [7, 11) is 1.76. The molecular formula is C18H30N2O3. The first kappa shape index (κ1) is 17.9. The number of amides is 2. The summed E-state index contributed by atoms with van der Waals surface area (Å²) in [6, 6.07) is 4.14. The van der Waals surface area contributed by atoms with E-state index in [-0.39, 0.29) is 17.7 Å². The van der Waals surface area contributed by atoms with E-state index in [4.69, 9.17) is 9.15 Å². The molecule has 0 aromatic carbocycles. The minimum Gasteiger partial charge on any atom is -0.466 e. The molecule has 1 aromatic heterocycles. The fraction of sp³-hybridized carbons (Fsp3) is 0.722. The van der Waals surface area contributed by atoms with Crippen LogP contribution in [-0.4, -0.2) is 42.8 Å². The van der Waals surface area contributed by atoms with Crippen LogP contribution in [0.1, 0.15) is 51.1 Å². The second kappa shape index (κ2) is 7.86. The predicted octanol–water partition coefficient (Wildman–Crippen LogP) is 3.51. The van der Waals surface area contributed by atoms with Crippen LogP contribution in [0.2, 0.25) is 0 Å². The van der Waals surface area contributed by atoms with Gasteiger partial charge in [-0.1, -0.05) is 0 Å². The van der Waals surface area contributed by atoms with Gasteiger partial charge in [-0.25, -0.2) is 4.79 Å². The Hall–Kier alpha value is -1.49. The molecular weight excluding hydrogens is 292 g/mol. The van der Waals surface area contributed by atoms with Gasteiger partial charge >= 0.3 is 6.03 Å². The molecule has 1 N–H and O–H groups in total. The lowest BCUT2D eigenvalue weighted by Gasteiger charge is -2.27. The minimum absolute atomic E-state index is 0.0356. The molecule has 0 radical (unpaired) electrons. The van der Waals surface area contributed by atoms with Crippen molar-refractivity contribution in [2.24, 2.45) is 0 Å². The van der Waals surface area contributed by atoms with Gasteiger partial charge in [-0.05, 0) is 58.6 Å². The van der Waals surface area contributed by atoms with Gasteiger partial charge in [0, 0.05) is 32.7 Å². The van der Waals surface area contributed by atoms with Crippen molar-refractivity contribution in [3.63, 3.8) is 0 Å². The van der Waals surface area contributed by atoms with Gasteiger partial charge in [0.05, 0.1) is 5.60 Å². The van der Waals surface area contributed by atoms with E-state index >= 15 is 0 Å². The Morgan fingerprint density at radius 2 is 2.22 bits per heavy atom. The van der Waals surface area contributed by atoms with Crippen LogP contribution in [0.3, 0.4) is 0 Å². The quantitative estimate of drug-likeness (QED) is 0.902. The summed E-state index contributed by atoms with van der Waals surface area (Å²) < 4.78 is 11.2. The maximum Gasteiger partial charge on any atom is 0.317 e. The zero-order valence-corrected chi connectivity index (χ0v) is 14.9. The first-order valence-corrected chi connectivity index (χ1v) is 8.58.